The Hall–Kier alpha value is -1.25. The summed E-state index contributed by atoms with van der Waals surface area (Å²) in [4.78, 5) is 37.6. The minimum absolute atomic E-state index is 0.0266. The van der Waals surface area contributed by atoms with Crippen LogP contribution in [0.1, 0.15) is 277 Å². The predicted molar refractivity (Wildman–Crippen MR) is 273 cm³/mol. The molecule has 0 aliphatic rings. The Kier molecular flexibility index (Phi) is 46.9. The third-order valence-corrected chi connectivity index (χ3v) is 13.5. The Balaban J connectivity index is 3.95. The first kappa shape index (κ1) is 63.8. The zero-order chi connectivity index (χ0) is 47.8. The molecule has 9 nitrogen and oxygen atoms in total. The van der Waals surface area contributed by atoms with Gasteiger partial charge in [0.2, 0.25) is 0 Å². The highest BCUT2D eigenvalue weighted by atomic mass is 31.2. The van der Waals surface area contributed by atoms with Crippen LogP contribution in [0.25, 0.3) is 0 Å². The lowest BCUT2D eigenvalue weighted by atomic mass is 10.0. The van der Waals surface area contributed by atoms with Crippen LogP contribution < -0.4 is 4.89 Å². The standard InChI is InChI=1S/C55H108NO8P/c1-6-8-10-12-14-16-18-19-20-21-22-23-24-25-26-27-28-29-30-31-32-33-34-35-36-37-38-40-42-44-46-48-55(58)64-53(52-63-65(59,60)62-50-49-56(3,4)5)51-61-54(57)47-45-43-41-39-17-15-13-11-9-7-2/h21-22,53H,6-20,23-52H2,1-5H3/b22-21-. The van der Waals surface area contributed by atoms with Crippen molar-refractivity contribution in [3.05, 3.63) is 12.2 Å². The van der Waals surface area contributed by atoms with Crippen LogP contribution in [-0.2, 0) is 32.7 Å². The molecule has 0 heterocycles. The van der Waals surface area contributed by atoms with Crippen molar-refractivity contribution >= 4 is 19.8 Å². The third-order valence-electron chi connectivity index (χ3n) is 12.5. The fourth-order valence-corrected chi connectivity index (χ4v) is 8.91. The number of phosphoric ester groups is 1. The summed E-state index contributed by atoms with van der Waals surface area (Å²) in [5.41, 5.74) is 0. The smallest absolute Gasteiger partial charge is 0.306 e. The summed E-state index contributed by atoms with van der Waals surface area (Å²) >= 11 is 0. The normalized spacial score (nSPS) is 13.4. The zero-order valence-electron chi connectivity index (χ0n) is 43.7. The lowest BCUT2D eigenvalue weighted by Crippen LogP contribution is -2.37. The lowest BCUT2D eigenvalue weighted by molar-refractivity contribution is -0.870. The molecular formula is C55H108NO8P. The Morgan fingerprint density at radius 1 is 0.462 bits per heavy atom. The van der Waals surface area contributed by atoms with E-state index in [1.165, 1.54) is 212 Å². The quantitative estimate of drug-likeness (QED) is 0.0195. The molecule has 2 atom stereocenters. The molecule has 386 valence electrons. The van der Waals surface area contributed by atoms with Crippen LogP contribution in [0.2, 0.25) is 0 Å². The van der Waals surface area contributed by atoms with Gasteiger partial charge in [-0.25, -0.2) is 0 Å². The molecule has 10 heteroatoms. The van der Waals surface area contributed by atoms with Crippen molar-refractivity contribution in [1.29, 1.82) is 0 Å². The van der Waals surface area contributed by atoms with Gasteiger partial charge < -0.3 is 27.9 Å². The van der Waals surface area contributed by atoms with Crippen molar-refractivity contribution in [2.45, 2.75) is 283 Å². The summed E-state index contributed by atoms with van der Waals surface area (Å²) in [5, 5.41) is 0. The second kappa shape index (κ2) is 47.8. The molecule has 0 radical (unpaired) electrons. The average molecular weight is 942 g/mol. The Labute approximate surface area is 403 Å². The first-order valence-corrected chi connectivity index (χ1v) is 29.4. The van der Waals surface area contributed by atoms with Crippen LogP contribution in [0.15, 0.2) is 12.2 Å². The monoisotopic (exact) mass is 942 g/mol. The number of likely N-dealkylation sites (N-methyl/N-ethyl adjacent to an activating group) is 1. The molecule has 0 saturated carbocycles. The fourth-order valence-electron chi connectivity index (χ4n) is 8.18. The number of hydrogen-bond acceptors (Lipinski definition) is 8. The van der Waals surface area contributed by atoms with Gasteiger partial charge in [0.1, 0.15) is 19.8 Å². The van der Waals surface area contributed by atoms with E-state index in [9.17, 15) is 19.0 Å². The van der Waals surface area contributed by atoms with Crippen molar-refractivity contribution in [3.8, 4) is 0 Å². The van der Waals surface area contributed by atoms with E-state index in [4.69, 9.17) is 18.5 Å². The molecule has 0 saturated heterocycles. The Morgan fingerprint density at radius 2 is 0.785 bits per heavy atom. The number of unbranched alkanes of at least 4 members (excludes halogenated alkanes) is 36. The number of allylic oxidation sites excluding steroid dienone is 2. The highest BCUT2D eigenvalue weighted by Crippen LogP contribution is 2.38. The van der Waals surface area contributed by atoms with Crippen molar-refractivity contribution in [3.63, 3.8) is 0 Å². The summed E-state index contributed by atoms with van der Waals surface area (Å²) in [6, 6.07) is 0. The molecule has 0 aliphatic carbocycles. The number of rotatable bonds is 52. The maximum Gasteiger partial charge on any atom is 0.306 e. The average Bonchev–Trinajstić information content (AvgIpc) is 3.26. The summed E-state index contributed by atoms with van der Waals surface area (Å²) in [6.07, 6.45) is 54.2. The summed E-state index contributed by atoms with van der Waals surface area (Å²) < 4.78 is 34.0. The molecule has 0 aromatic carbocycles. The van der Waals surface area contributed by atoms with Crippen LogP contribution in [0.3, 0.4) is 0 Å². The molecule has 65 heavy (non-hydrogen) atoms. The van der Waals surface area contributed by atoms with Gasteiger partial charge in [0.15, 0.2) is 6.10 Å². The molecule has 0 aromatic heterocycles. The molecule has 0 aromatic rings. The highest BCUT2D eigenvalue weighted by Gasteiger charge is 2.22. The first-order chi connectivity index (χ1) is 31.5. The predicted octanol–water partition coefficient (Wildman–Crippen LogP) is 16.2. The summed E-state index contributed by atoms with van der Waals surface area (Å²) in [7, 11) is 1.18. The SMILES string of the molecule is CCCCCCCCCC/C=C\CCCCCCCCCCCCCCCCCCCCCC(=O)OC(COC(=O)CCCCCCCCCCCC)COP(=O)([O-])OCC[N+](C)(C)C. The number of esters is 2. The van der Waals surface area contributed by atoms with E-state index in [1.807, 2.05) is 21.1 Å². The van der Waals surface area contributed by atoms with E-state index in [0.29, 0.717) is 17.4 Å². The first-order valence-electron chi connectivity index (χ1n) is 27.9. The maximum atomic E-state index is 12.7. The van der Waals surface area contributed by atoms with E-state index in [1.54, 1.807) is 0 Å². The number of phosphoric acid groups is 1. The second-order valence-corrected chi connectivity index (χ2v) is 21.7. The molecule has 0 aliphatic heterocycles. The zero-order valence-corrected chi connectivity index (χ0v) is 44.6. The number of nitrogens with zero attached hydrogens (tertiary/aromatic N) is 1. The van der Waals surface area contributed by atoms with Gasteiger partial charge in [-0.1, -0.05) is 238 Å². The van der Waals surface area contributed by atoms with Crippen molar-refractivity contribution in [2.75, 3.05) is 47.5 Å². The molecular weight excluding hydrogens is 834 g/mol. The van der Waals surface area contributed by atoms with Gasteiger partial charge in [0, 0.05) is 12.8 Å². The maximum absolute atomic E-state index is 12.7. The van der Waals surface area contributed by atoms with E-state index in [2.05, 4.69) is 26.0 Å². The van der Waals surface area contributed by atoms with Crippen molar-refractivity contribution in [2.24, 2.45) is 0 Å². The highest BCUT2D eigenvalue weighted by molar-refractivity contribution is 7.45. The van der Waals surface area contributed by atoms with Gasteiger partial charge in [0.25, 0.3) is 7.82 Å². The van der Waals surface area contributed by atoms with Crippen LogP contribution in [0.4, 0.5) is 0 Å². The Morgan fingerprint density at radius 3 is 1.14 bits per heavy atom. The Bertz CT molecular complexity index is 1110. The van der Waals surface area contributed by atoms with Crippen molar-refractivity contribution < 1.29 is 42.1 Å². The number of ether oxygens (including phenoxy) is 2. The van der Waals surface area contributed by atoms with Crippen LogP contribution in [0.5, 0.6) is 0 Å². The number of hydrogen-bond donors (Lipinski definition) is 0. The van der Waals surface area contributed by atoms with Gasteiger partial charge in [0.05, 0.1) is 27.7 Å². The minimum Gasteiger partial charge on any atom is -0.756 e. The van der Waals surface area contributed by atoms with Gasteiger partial charge in [-0.2, -0.15) is 0 Å². The van der Waals surface area contributed by atoms with Gasteiger partial charge in [-0.3, -0.25) is 14.2 Å². The van der Waals surface area contributed by atoms with Crippen LogP contribution in [-0.4, -0.2) is 70.0 Å². The van der Waals surface area contributed by atoms with E-state index in [-0.39, 0.29) is 32.0 Å². The van der Waals surface area contributed by atoms with Gasteiger partial charge >= 0.3 is 11.9 Å². The fraction of sp³-hybridized carbons (Fsp3) is 0.927. The molecule has 2 unspecified atom stereocenters. The van der Waals surface area contributed by atoms with Crippen molar-refractivity contribution in [1.82, 2.24) is 0 Å². The second-order valence-electron chi connectivity index (χ2n) is 20.3. The van der Waals surface area contributed by atoms with Gasteiger partial charge in [-0.15, -0.1) is 0 Å². The van der Waals surface area contributed by atoms with E-state index in [0.717, 1.165) is 32.1 Å². The molecule has 0 bridgehead atoms. The summed E-state index contributed by atoms with van der Waals surface area (Å²) in [6.45, 7) is 4.26. The topological polar surface area (TPSA) is 111 Å². The largest absolute Gasteiger partial charge is 0.756 e. The van der Waals surface area contributed by atoms with Gasteiger partial charge in [-0.05, 0) is 38.5 Å². The lowest BCUT2D eigenvalue weighted by Gasteiger charge is -2.28. The van der Waals surface area contributed by atoms with E-state index < -0.39 is 26.5 Å². The number of carbonyl (C=O) groups is 2. The molecule has 0 rings (SSSR count). The van der Waals surface area contributed by atoms with Crippen LogP contribution in [0, 0.1) is 0 Å². The minimum atomic E-state index is -4.62. The summed E-state index contributed by atoms with van der Waals surface area (Å²) in [5.74, 6) is -0.820. The third kappa shape index (κ3) is 52.0. The van der Waals surface area contributed by atoms with E-state index >= 15 is 0 Å². The number of quaternary nitrogens is 1. The molecule has 0 spiro atoms. The number of carbonyl (C=O) groups excluding carboxylic acids is 2. The molecule has 0 amide bonds. The molecule has 0 N–H and O–H groups in total. The molecule has 0 fully saturated rings. The van der Waals surface area contributed by atoms with Crippen LogP contribution >= 0.6 is 7.82 Å².